The first kappa shape index (κ1) is 35.5. The van der Waals surface area contributed by atoms with Gasteiger partial charge in [-0.05, 0) is 39.7 Å². The van der Waals surface area contributed by atoms with Gasteiger partial charge in [-0.15, -0.1) is 0 Å². The summed E-state index contributed by atoms with van der Waals surface area (Å²) in [5.41, 5.74) is 1.71. The van der Waals surface area contributed by atoms with Crippen LogP contribution in [0.5, 0.6) is 0 Å². The van der Waals surface area contributed by atoms with E-state index < -0.39 is 5.97 Å². The van der Waals surface area contributed by atoms with Crippen molar-refractivity contribution in [2.75, 3.05) is 25.5 Å². The molecule has 0 spiro atoms. The minimum absolute atomic E-state index is 0.00998. The molecule has 0 saturated heterocycles. The summed E-state index contributed by atoms with van der Waals surface area (Å²) < 4.78 is 5.71. The van der Waals surface area contributed by atoms with Crippen LogP contribution in [-0.2, 0) is 9.59 Å². The van der Waals surface area contributed by atoms with Crippen molar-refractivity contribution in [1.82, 2.24) is 10.3 Å². The normalized spacial score (nSPS) is 11.8. The largest absolute Gasteiger partial charge is 0.478 e. The van der Waals surface area contributed by atoms with Crippen molar-refractivity contribution in [2.24, 2.45) is 0 Å². The molecule has 1 aromatic rings. The third-order valence-electron chi connectivity index (χ3n) is 7.40. The van der Waals surface area contributed by atoms with Crippen LogP contribution in [0.1, 0.15) is 142 Å². The van der Waals surface area contributed by atoms with Crippen molar-refractivity contribution in [3.05, 3.63) is 28.2 Å². The van der Waals surface area contributed by atoms with Crippen LogP contribution in [0.3, 0.4) is 0 Å². The van der Waals surface area contributed by atoms with Gasteiger partial charge in [-0.25, -0.2) is 4.79 Å². The number of amides is 1. The number of carboxylic acid groups (broad SMARTS) is 1. The van der Waals surface area contributed by atoms with Crippen molar-refractivity contribution in [3.63, 3.8) is 0 Å². The molecule has 2 N–H and O–H groups in total. The van der Waals surface area contributed by atoms with Gasteiger partial charge in [0.05, 0.1) is 11.1 Å². The molecular weight excluding hydrogens is 502 g/mol. The molecule has 40 heavy (non-hydrogen) atoms. The van der Waals surface area contributed by atoms with E-state index in [1.54, 1.807) is 32.6 Å². The summed E-state index contributed by atoms with van der Waals surface area (Å²) in [7, 11) is 3.64. The summed E-state index contributed by atoms with van der Waals surface area (Å²) in [6.45, 7) is 9.71. The van der Waals surface area contributed by atoms with Gasteiger partial charge < -0.3 is 19.7 Å². The quantitative estimate of drug-likeness (QED) is 0.0838. The minimum atomic E-state index is -1.12. The molecule has 0 radical (unpaired) electrons. The van der Waals surface area contributed by atoms with Gasteiger partial charge in [0.2, 0.25) is 0 Å². The Morgan fingerprint density at radius 1 is 0.775 bits per heavy atom. The summed E-state index contributed by atoms with van der Waals surface area (Å²) >= 11 is 0. The topological polar surface area (TPSA) is 95.7 Å². The van der Waals surface area contributed by atoms with Crippen LogP contribution in [0.4, 0.5) is 6.01 Å². The standard InChI is InChI=1S/C33H57N3O4/c1-8-9-10-11-12-13-14-15-16-17-18-19-20-21-22-23-24-34-31(37)29(28(25(2)3)32(38)39)26(4)30-27(5)40-33(35-30)36(6)7/h8-24H2,1-7H3,(H,34,37)(H,38,39). The van der Waals surface area contributed by atoms with Gasteiger partial charge >= 0.3 is 5.97 Å². The number of unbranched alkanes of at least 4 members (excludes halogenated alkanes) is 15. The number of allylic oxidation sites excluding steroid dienone is 2. The highest BCUT2D eigenvalue weighted by Gasteiger charge is 2.27. The summed E-state index contributed by atoms with van der Waals surface area (Å²) in [6.07, 6.45) is 20.8. The molecular formula is C33H57N3O4. The molecule has 0 aromatic carbocycles. The number of nitrogens with one attached hydrogen (secondary N) is 1. The third kappa shape index (κ3) is 13.2. The maximum absolute atomic E-state index is 13.3. The van der Waals surface area contributed by atoms with Crippen molar-refractivity contribution in [3.8, 4) is 0 Å². The van der Waals surface area contributed by atoms with E-state index in [2.05, 4.69) is 17.2 Å². The number of hydrogen-bond acceptors (Lipinski definition) is 5. The number of aliphatic carboxylic acids is 1. The lowest BCUT2D eigenvalue weighted by atomic mass is 9.94. The van der Waals surface area contributed by atoms with Gasteiger partial charge in [0.1, 0.15) is 11.5 Å². The average molecular weight is 560 g/mol. The molecule has 0 aliphatic rings. The van der Waals surface area contributed by atoms with E-state index in [1.165, 1.54) is 83.5 Å². The fraction of sp³-hybridized carbons (Fsp3) is 0.727. The zero-order chi connectivity index (χ0) is 29.9. The van der Waals surface area contributed by atoms with Crippen LogP contribution < -0.4 is 10.2 Å². The second-order valence-electron chi connectivity index (χ2n) is 11.5. The monoisotopic (exact) mass is 559 g/mol. The average Bonchev–Trinajstić information content (AvgIpc) is 3.29. The second-order valence-corrected chi connectivity index (χ2v) is 11.5. The highest BCUT2D eigenvalue weighted by Crippen LogP contribution is 2.30. The zero-order valence-electron chi connectivity index (χ0n) is 26.6. The van der Waals surface area contributed by atoms with E-state index in [0.29, 0.717) is 35.2 Å². The molecule has 7 heteroatoms. The number of carbonyl (C=O) groups is 2. The number of oxazole rings is 1. The number of aryl methyl sites for hydroxylation is 1. The van der Waals surface area contributed by atoms with Crippen molar-refractivity contribution in [2.45, 2.75) is 137 Å². The number of rotatable bonds is 22. The number of aromatic nitrogens is 1. The third-order valence-corrected chi connectivity index (χ3v) is 7.40. The Morgan fingerprint density at radius 2 is 1.23 bits per heavy atom. The highest BCUT2D eigenvalue weighted by molar-refractivity contribution is 6.13. The summed E-state index contributed by atoms with van der Waals surface area (Å²) in [4.78, 5) is 31.7. The van der Waals surface area contributed by atoms with Crippen LogP contribution >= 0.6 is 0 Å². The molecule has 1 heterocycles. The molecule has 0 unspecified atom stereocenters. The highest BCUT2D eigenvalue weighted by atomic mass is 16.4. The smallest absolute Gasteiger partial charge is 0.336 e. The number of anilines is 1. The Hall–Kier alpha value is -2.57. The SMILES string of the molecule is CCCCCCCCCCCCCCCCCCNC(=O)C(C(C(=O)O)=C(C)C)=C(C)c1nc(N(C)C)oc1C. The minimum Gasteiger partial charge on any atom is -0.478 e. The van der Waals surface area contributed by atoms with E-state index >= 15 is 0 Å². The Bertz CT molecular complexity index is 955. The van der Waals surface area contributed by atoms with Crippen molar-refractivity contribution in [1.29, 1.82) is 0 Å². The molecule has 228 valence electrons. The molecule has 7 nitrogen and oxygen atoms in total. The van der Waals surface area contributed by atoms with Gasteiger partial charge in [-0.2, -0.15) is 4.98 Å². The number of carboxylic acids is 1. The lowest BCUT2D eigenvalue weighted by Gasteiger charge is -2.14. The van der Waals surface area contributed by atoms with E-state index in [4.69, 9.17) is 4.42 Å². The fourth-order valence-corrected chi connectivity index (χ4v) is 5.05. The maximum Gasteiger partial charge on any atom is 0.336 e. The predicted molar refractivity (Wildman–Crippen MR) is 167 cm³/mol. The Balaban J connectivity index is 2.45. The molecule has 0 aliphatic carbocycles. The lowest BCUT2D eigenvalue weighted by molar-refractivity contribution is -0.133. The van der Waals surface area contributed by atoms with Crippen LogP contribution in [0.15, 0.2) is 21.1 Å². The summed E-state index contributed by atoms with van der Waals surface area (Å²) in [5, 5.41) is 12.9. The van der Waals surface area contributed by atoms with Gasteiger partial charge in [-0.3, -0.25) is 4.79 Å². The van der Waals surface area contributed by atoms with Crippen LogP contribution in [0.2, 0.25) is 0 Å². The van der Waals surface area contributed by atoms with E-state index in [1.807, 2.05) is 14.1 Å². The number of hydrogen-bond donors (Lipinski definition) is 2. The van der Waals surface area contributed by atoms with Crippen LogP contribution in [-0.4, -0.2) is 42.6 Å². The Labute approximate surface area is 243 Å². The van der Waals surface area contributed by atoms with Crippen molar-refractivity contribution < 1.29 is 19.1 Å². The Kier molecular flexibility index (Phi) is 18.0. The summed E-state index contributed by atoms with van der Waals surface area (Å²) in [5.74, 6) is -0.963. The molecule has 0 atom stereocenters. The van der Waals surface area contributed by atoms with Crippen LogP contribution in [0, 0.1) is 6.92 Å². The van der Waals surface area contributed by atoms with E-state index in [0.717, 1.165) is 19.3 Å². The lowest BCUT2D eigenvalue weighted by Crippen LogP contribution is -2.29. The second kappa shape index (κ2) is 20.3. The van der Waals surface area contributed by atoms with Gasteiger partial charge in [0.25, 0.3) is 11.9 Å². The first-order chi connectivity index (χ1) is 19.1. The molecule has 0 fully saturated rings. The Morgan fingerprint density at radius 3 is 1.60 bits per heavy atom. The van der Waals surface area contributed by atoms with E-state index in [9.17, 15) is 14.7 Å². The van der Waals surface area contributed by atoms with Crippen molar-refractivity contribution >= 4 is 23.5 Å². The fourth-order valence-electron chi connectivity index (χ4n) is 5.05. The summed E-state index contributed by atoms with van der Waals surface area (Å²) in [6, 6.07) is 0.411. The molecule has 0 aliphatic heterocycles. The molecule has 0 bridgehead atoms. The molecule has 1 rings (SSSR count). The first-order valence-electron chi connectivity index (χ1n) is 15.7. The molecule has 1 amide bonds. The van der Waals surface area contributed by atoms with E-state index in [-0.39, 0.29) is 17.1 Å². The predicted octanol–water partition coefficient (Wildman–Crippen LogP) is 8.62. The molecule has 1 aromatic heterocycles. The zero-order valence-corrected chi connectivity index (χ0v) is 26.6. The number of nitrogens with zero attached hydrogens (tertiary/aromatic N) is 2. The van der Waals surface area contributed by atoms with Gasteiger partial charge in [0, 0.05) is 20.6 Å². The van der Waals surface area contributed by atoms with Gasteiger partial charge in [-0.1, -0.05) is 109 Å². The molecule has 0 saturated carbocycles. The number of carbonyl (C=O) groups excluding carboxylic acids is 1. The van der Waals surface area contributed by atoms with Gasteiger partial charge in [0.15, 0.2) is 0 Å². The maximum atomic E-state index is 13.3. The van der Waals surface area contributed by atoms with Crippen LogP contribution in [0.25, 0.3) is 5.57 Å². The first-order valence-corrected chi connectivity index (χ1v) is 15.7.